The zero-order valence-corrected chi connectivity index (χ0v) is 13.7. The highest BCUT2D eigenvalue weighted by Gasteiger charge is 2.23. The average Bonchev–Trinajstić information content (AvgIpc) is 2.55. The lowest BCUT2D eigenvalue weighted by molar-refractivity contribution is 0.0975. The number of aryl methyl sites for hydroxylation is 1. The van der Waals surface area contributed by atoms with Crippen molar-refractivity contribution in [1.82, 2.24) is 0 Å². The van der Waals surface area contributed by atoms with Crippen molar-refractivity contribution in [2.45, 2.75) is 38.5 Å². The molecule has 2 aromatic carbocycles. The average molecular weight is 310 g/mol. The molecule has 0 spiro atoms. The monoisotopic (exact) mass is 310 g/mol. The second kappa shape index (κ2) is 6.45. The van der Waals surface area contributed by atoms with Crippen LogP contribution in [0.4, 0.5) is 4.79 Å². The molecule has 0 radical (unpaired) electrons. The van der Waals surface area contributed by atoms with Gasteiger partial charge in [-0.2, -0.15) is 0 Å². The number of fused-ring (bicyclic) bond motifs is 2. The Morgan fingerprint density at radius 2 is 1.48 bits per heavy atom. The van der Waals surface area contributed by atoms with Crippen LogP contribution in [0.15, 0.2) is 48.5 Å². The standard InChI is InChI=1S/C20H22O3/c1-20(2)16-8-6-15(7-9-16)5-3-4-14-22-19(21)23-18-12-10-17(20)11-13-18/h6-13H,3-5,14H2,1-2H3. The summed E-state index contributed by atoms with van der Waals surface area (Å²) in [4.78, 5) is 11.6. The first-order chi connectivity index (χ1) is 11.1. The van der Waals surface area contributed by atoms with Gasteiger partial charge in [0, 0.05) is 5.41 Å². The summed E-state index contributed by atoms with van der Waals surface area (Å²) in [6.45, 7) is 4.80. The molecule has 4 bridgehead atoms. The van der Waals surface area contributed by atoms with Gasteiger partial charge in [0.25, 0.3) is 0 Å². The minimum Gasteiger partial charge on any atom is -0.434 e. The molecule has 0 saturated heterocycles. The Hall–Kier alpha value is -2.29. The highest BCUT2D eigenvalue weighted by molar-refractivity contribution is 5.63. The van der Waals surface area contributed by atoms with Gasteiger partial charge in [0.05, 0.1) is 6.61 Å². The third kappa shape index (κ3) is 3.55. The number of hydrogen-bond donors (Lipinski definition) is 0. The summed E-state index contributed by atoms with van der Waals surface area (Å²) < 4.78 is 10.3. The topological polar surface area (TPSA) is 35.5 Å². The molecule has 0 unspecified atom stereocenters. The van der Waals surface area contributed by atoms with E-state index >= 15 is 0 Å². The van der Waals surface area contributed by atoms with Crippen molar-refractivity contribution in [3.05, 3.63) is 65.2 Å². The number of carbonyl (C=O) groups is 1. The number of carbonyl (C=O) groups excluding carboxylic acids is 1. The van der Waals surface area contributed by atoms with Gasteiger partial charge in [0.2, 0.25) is 0 Å². The number of benzene rings is 2. The smallest absolute Gasteiger partial charge is 0.434 e. The second-order valence-corrected chi connectivity index (χ2v) is 6.50. The maximum Gasteiger partial charge on any atom is 0.513 e. The quantitative estimate of drug-likeness (QED) is 0.514. The third-order valence-corrected chi connectivity index (χ3v) is 4.53. The van der Waals surface area contributed by atoms with Gasteiger partial charge in [0.15, 0.2) is 0 Å². The molecular formula is C20H22O3. The Bertz CT molecular complexity index is 669. The van der Waals surface area contributed by atoms with Crippen molar-refractivity contribution in [2.24, 2.45) is 0 Å². The maximum atomic E-state index is 11.6. The highest BCUT2D eigenvalue weighted by Crippen LogP contribution is 2.32. The van der Waals surface area contributed by atoms with Crippen molar-refractivity contribution in [1.29, 1.82) is 0 Å². The molecule has 120 valence electrons. The van der Waals surface area contributed by atoms with Gasteiger partial charge < -0.3 is 9.47 Å². The molecule has 0 amide bonds. The van der Waals surface area contributed by atoms with Gasteiger partial charge >= 0.3 is 6.16 Å². The van der Waals surface area contributed by atoms with Gasteiger partial charge in [-0.1, -0.05) is 50.2 Å². The summed E-state index contributed by atoms with van der Waals surface area (Å²) >= 11 is 0. The van der Waals surface area contributed by atoms with Crippen LogP contribution in [0.5, 0.6) is 5.75 Å². The van der Waals surface area contributed by atoms with Gasteiger partial charge in [-0.25, -0.2) is 4.79 Å². The zero-order valence-electron chi connectivity index (χ0n) is 13.7. The molecule has 0 aliphatic carbocycles. The largest absolute Gasteiger partial charge is 0.513 e. The molecule has 2 aromatic rings. The summed E-state index contributed by atoms with van der Waals surface area (Å²) in [6, 6.07) is 16.5. The van der Waals surface area contributed by atoms with Crippen molar-refractivity contribution in [3.8, 4) is 5.75 Å². The molecule has 0 atom stereocenters. The van der Waals surface area contributed by atoms with Crippen LogP contribution in [0.3, 0.4) is 0 Å². The molecule has 0 saturated carbocycles. The van der Waals surface area contributed by atoms with Crippen molar-refractivity contribution < 1.29 is 14.3 Å². The molecule has 3 aliphatic heterocycles. The van der Waals surface area contributed by atoms with E-state index in [1.165, 1.54) is 16.7 Å². The van der Waals surface area contributed by atoms with Crippen molar-refractivity contribution in [3.63, 3.8) is 0 Å². The summed E-state index contributed by atoms with van der Waals surface area (Å²) in [6.07, 6.45) is 2.19. The lowest BCUT2D eigenvalue weighted by atomic mass is 9.78. The molecule has 0 N–H and O–H groups in total. The van der Waals surface area contributed by atoms with Crippen LogP contribution in [0, 0.1) is 0 Å². The van der Waals surface area contributed by atoms with E-state index in [9.17, 15) is 4.79 Å². The second-order valence-electron chi connectivity index (χ2n) is 6.50. The fourth-order valence-corrected chi connectivity index (χ4v) is 2.91. The van der Waals surface area contributed by atoms with Gasteiger partial charge in [-0.15, -0.1) is 0 Å². The first-order valence-corrected chi connectivity index (χ1v) is 8.10. The zero-order chi connectivity index (χ0) is 16.3. The molecule has 23 heavy (non-hydrogen) atoms. The van der Waals surface area contributed by atoms with E-state index in [-0.39, 0.29) is 5.41 Å². The van der Waals surface area contributed by atoms with Crippen LogP contribution < -0.4 is 4.74 Å². The normalized spacial score (nSPS) is 17.6. The van der Waals surface area contributed by atoms with Crippen LogP contribution in [-0.2, 0) is 16.6 Å². The molecule has 3 nitrogen and oxygen atoms in total. The number of hydrogen-bond acceptors (Lipinski definition) is 3. The van der Waals surface area contributed by atoms with Gasteiger partial charge in [-0.3, -0.25) is 0 Å². The van der Waals surface area contributed by atoms with E-state index in [2.05, 4.69) is 38.1 Å². The molecule has 3 heterocycles. The Balaban J connectivity index is 1.95. The molecule has 3 heteroatoms. The van der Waals surface area contributed by atoms with Crippen LogP contribution in [-0.4, -0.2) is 12.8 Å². The summed E-state index contributed by atoms with van der Waals surface area (Å²) in [5.74, 6) is 0.511. The predicted octanol–water partition coefficient (Wildman–Crippen LogP) is 4.86. The van der Waals surface area contributed by atoms with E-state index in [1.54, 1.807) is 0 Å². The first-order valence-electron chi connectivity index (χ1n) is 8.10. The molecule has 0 fully saturated rings. The van der Waals surface area contributed by atoms with E-state index in [1.807, 2.05) is 24.3 Å². The van der Waals surface area contributed by atoms with E-state index < -0.39 is 6.16 Å². The minimum absolute atomic E-state index is 0.103. The fourth-order valence-electron chi connectivity index (χ4n) is 2.91. The fraction of sp³-hybridized carbons (Fsp3) is 0.350. The van der Waals surface area contributed by atoms with E-state index in [4.69, 9.17) is 9.47 Å². The van der Waals surface area contributed by atoms with Crippen LogP contribution in [0.1, 0.15) is 43.4 Å². The minimum atomic E-state index is -0.632. The lowest BCUT2D eigenvalue weighted by Gasteiger charge is -2.26. The Morgan fingerprint density at radius 1 is 0.870 bits per heavy atom. The molecule has 3 aliphatic rings. The lowest BCUT2D eigenvalue weighted by Crippen LogP contribution is -2.19. The number of ether oxygens (including phenoxy) is 2. The van der Waals surface area contributed by atoms with E-state index in [0.717, 1.165) is 19.3 Å². The molecule has 0 aromatic heterocycles. The molecule has 5 rings (SSSR count). The van der Waals surface area contributed by atoms with Crippen LogP contribution >= 0.6 is 0 Å². The van der Waals surface area contributed by atoms with Crippen molar-refractivity contribution in [2.75, 3.05) is 6.61 Å². The highest BCUT2D eigenvalue weighted by atomic mass is 16.7. The van der Waals surface area contributed by atoms with Crippen LogP contribution in [0.2, 0.25) is 0 Å². The summed E-state index contributed by atoms with van der Waals surface area (Å²) in [5.41, 5.74) is 3.67. The maximum absolute atomic E-state index is 11.6. The first kappa shape index (κ1) is 15.6. The number of rotatable bonds is 0. The Kier molecular flexibility index (Phi) is 4.37. The van der Waals surface area contributed by atoms with Gasteiger partial charge in [-0.05, 0) is 48.1 Å². The third-order valence-electron chi connectivity index (χ3n) is 4.53. The van der Waals surface area contributed by atoms with Gasteiger partial charge in [0.1, 0.15) is 5.75 Å². The predicted molar refractivity (Wildman–Crippen MR) is 89.9 cm³/mol. The summed E-state index contributed by atoms with van der Waals surface area (Å²) in [5, 5.41) is 0. The van der Waals surface area contributed by atoms with E-state index in [0.29, 0.717) is 12.4 Å². The van der Waals surface area contributed by atoms with Crippen LogP contribution in [0.25, 0.3) is 0 Å². The Morgan fingerprint density at radius 3 is 2.13 bits per heavy atom. The molecular weight excluding hydrogens is 288 g/mol. The Labute approximate surface area is 137 Å². The van der Waals surface area contributed by atoms with Crippen molar-refractivity contribution >= 4 is 6.16 Å². The SMILES string of the molecule is CC1(C)c2ccc(cc2)CCCCOC(=O)Oc2ccc1cc2. The summed E-state index contributed by atoms with van der Waals surface area (Å²) in [7, 11) is 0.